The lowest BCUT2D eigenvalue weighted by Crippen LogP contribution is -2.34. The second kappa shape index (κ2) is 8.48. The molecule has 1 fully saturated rings. The Morgan fingerprint density at radius 3 is 2.63 bits per heavy atom. The molecule has 0 spiro atoms. The van der Waals surface area contributed by atoms with Crippen LogP contribution in [0, 0.1) is 5.92 Å². The Morgan fingerprint density at radius 2 is 1.96 bits per heavy atom. The lowest BCUT2D eigenvalue weighted by Gasteiger charge is -2.15. The summed E-state index contributed by atoms with van der Waals surface area (Å²) >= 11 is 0. The molecule has 0 bridgehead atoms. The molecule has 27 heavy (non-hydrogen) atoms. The van der Waals surface area contributed by atoms with Crippen LogP contribution in [-0.2, 0) is 17.9 Å². The van der Waals surface area contributed by atoms with Gasteiger partial charge in [-0.05, 0) is 49.2 Å². The van der Waals surface area contributed by atoms with E-state index in [4.69, 9.17) is 13.9 Å². The number of methoxy groups -OCH3 is 2. The minimum Gasteiger partial charge on any atom is -0.493 e. The second-order valence-corrected chi connectivity index (χ2v) is 7.26. The topological polar surface area (TPSA) is 63.9 Å². The Bertz CT molecular complexity index is 786. The van der Waals surface area contributed by atoms with E-state index >= 15 is 0 Å². The Labute approximate surface area is 160 Å². The first kappa shape index (κ1) is 19.3. The first-order valence-corrected chi connectivity index (χ1v) is 9.25. The van der Waals surface area contributed by atoms with Crippen LogP contribution in [0.3, 0.4) is 0 Å². The SMILES string of the molecule is COc1ccc(CNC(=O)CN(C)Cc2ccc([C@H]3C[C@@H]3C)o2)cc1OC. The van der Waals surface area contributed by atoms with E-state index in [0.29, 0.717) is 37.1 Å². The number of furan rings is 1. The second-order valence-electron chi connectivity index (χ2n) is 7.26. The molecule has 6 heteroatoms. The fourth-order valence-electron chi connectivity index (χ4n) is 3.21. The zero-order valence-corrected chi connectivity index (χ0v) is 16.5. The van der Waals surface area contributed by atoms with Crippen LogP contribution in [0.2, 0.25) is 0 Å². The van der Waals surface area contributed by atoms with E-state index in [0.717, 1.165) is 23.0 Å². The number of hydrogen-bond donors (Lipinski definition) is 1. The van der Waals surface area contributed by atoms with Gasteiger partial charge in [-0.3, -0.25) is 9.69 Å². The summed E-state index contributed by atoms with van der Waals surface area (Å²) in [7, 11) is 5.11. The molecule has 1 heterocycles. The van der Waals surface area contributed by atoms with Gasteiger partial charge in [-0.15, -0.1) is 0 Å². The largest absolute Gasteiger partial charge is 0.493 e. The third kappa shape index (κ3) is 5.04. The number of ether oxygens (including phenoxy) is 2. The van der Waals surface area contributed by atoms with Crippen molar-refractivity contribution in [2.45, 2.75) is 32.4 Å². The molecule has 1 aliphatic carbocycles. The summed E-state index contributed by atoms with van der Waals surface area (Å²) in [6, 6.07) is 9.69. The average molecular weight is 372 g/mol. The Morgan fingerprint density at radius 1 is 1.22 bits per heavy atom. The van der Waals surface area contributed by atoms with Gasteiger partial charge in [-0.25, -0.2) is 0 Å². The van der Waals surface area contributed by atoms with Gasteiger partial charge in [0.15, 0.2) is 11.5 Å². The maximum absolute atomic E-state index is 12.2. The fraction of sp³-hybridized carbons (Fsp3) is 0.476. The first-order valence-electron chi connectivity index (χ1n) is 9.25. The van der Waals surface area contributed by atoms with Crippen molar-refractivity contribution >= 4 is 5.91 Å². The predicted octanol–water partition coefficient (Wildman–Crippen LogP) is 3.17. The number of nitrogens with one attached hydrogen (secondary N) is 1. The van der Waals surface area contributed by atoms with Crippen LogP contribution in [0.5, 0.6) is 11.5 Å². The van der Waals surface area contributed by atoms with Gasteiger partial charge in [-0.1, -0.05) is 13.0 Å². The Kier molecular flexibility index (Phi) is 6.06. The molecule has 0 aliphatic heterocycles. The molecular weight excluding hydrogens is 344 g/mol. The lowest BCUT2D eigenvalue weighted by molar-refractivity contribution is -0.122. The maximum atomic E-state index is 12.2. The number of likely N-dealkylation sites (N-methyl/N-ethyl adjacent to an activating group) is 1. The number of carbonyl (C=O) groups is 1. The maximum Gasteiger partial charge on any atom is 0.234 e. The first-order chi connectivity index (χ1) is 13.0. The van der Waals surface area contributed by atoms with E-state index in [1.54, 1.807) is 14.2 Å². The number of rotatable bonds is 9. The highest BCUT2D eigenvalue weighted by atomic mass is 16.5. The van der Waals surface area contributed by atoms with Gasteiger partial charge in [0.2, 0.25) is 5.91 Å². The minimum absolute atomic E-state index is 0.0325. The number of amides is 1. The highest BCUT2D eigenvalue weighted by Gasteiger charge is 2.36. The molecule has 3 rings (SSSR count). The van der Waals surface area contributed by atoms with Crippen molar-refractivity contribution in [3.8, 4) is 11.5 Å². The average Bonchev–Trinajstić information content (AvgIpc) is 3.21. The minimum atomic E-state index is -0.0325. The molecule has 1 N–H and O–H groups in total. The van der Waals surface area contributed by atoms with Crippen LogP contribution in [0.25, 0.3) is 0 Å². The molecule has 2 aromatic rings. The molecule has 1 aromatic carbocycles. The van der Waals surface area contributed by atoms with Gasteiger partial charge in [0.25, 0.3) is 0 Å². The standard InChI is InChI=1S/C21H28N2O4/c1-14-9-17(14)18-8-6-16(27-18)12-23(2)13-21(24)22-11-15-5-7-19(25-3)20(10-15)26-4/h5-8,10,14,17H,9,11-13H2,1-4H3,(H,22,24)/t14-,17-/m0/s1. The smallest absolute Gasteiger partial charge is 0.234 e. The molecule has 1 aromatic heterocycles. The van der Waals surface area contributed by atoms with Crippen molar-refractivity contribution in [1.29, 1.82) is 0 Å². The third-order valence-corrected chi connectivity index (χ3v) is 4.93. The van der Waals surface area contributed by atoms with Gasteiger partial charge in [0.1, 0.15) is 11.5 Å². The number of nitrogens with zero attached hydrogens (tertiary/aromatic N) is 1. The van der Waals surface area contributed by atoms with Crippen molar-refractivity contribution in [2.24, 2.45) is 5.92 Å². The van der Waals surface area contributed by atoms with Gasteiger partial charge in [0.05, 0.1) is 27.3 Å². The molecule has 1 aliphatic rings. The van der Waals surface area contributed by atoms with E-state index in [-0.39, 0.29) is 5.91 Å². The molecular formula is C21H28N2O4. The van der Waals surface area contributed by atoms with Crippen LogP contribution >= 0.6 is 0 Å². The van der Waals surface area contributed by atoms with E-state index in [1.807, 2.05) is 36.2 Å². The summed E-state index contributed by atoms with van der Waals surface area (Å²) in [6.45, 7) is 3.60. The molecule has 0 radical (unpaired) electrons. The third-order valence-electron chi connectivity index (χ3n) is 4.93. The van der Waals surface area contributed by atoms with Gasteiger partial charge in [-0.2, -0.15) is 0 Å². The van der Waals surface area contributed by atoms with Crippen molar-refractivity contribution in [2.75, 3.05) is 27.8 Å². The molecule has 1 saturated carbocycles. The van der Waals surface area contributed by atoms with Crippen molar-refractivity contribution in [3.63, 3.8) is 0 Å². The molecule has 1 amide bonds. The van der Waals surface area contributed by atoms with E-state index < -0.39 is 0 Å². The number of benzene rings is 1. The fourth-order valence-corrected chi connectivity index (χ4v) is 3.21. The summed E-state index contributed by atoms with van der Waals surface area (Å²) in [6.07, 6.45) is 1.21. The highest BCUT2D eigenvalue weighted by molar-refractivity contribution is 5.78. The number of hydrogen-bond acceptors (Lipinski definition) is 5. The van der Waals surface area contributed by atoms with Gasteiger partial charge >= 0.3 is 0 Å². The monoisotopic (exact) mass is 372 g/mol. The van der Waals surface area contributed by atoms with Crippen LogP contribution in [0.4, 0.5) is 0 Å². The van der Waals surface area contributed by atoms with Crippen LogP contribution in [0.1, 0.15) is 36.3 Å². The van der Waals surface area contributed by atoms with E-state index in [2.05, 4.69) is 18.3 Å². The summed E-state index contributed by atoms with van der Waals surface area (Å²) < 4.78 is 16.4. The van der Waals surface area contributed by atoms with E-state index in [1.165, 1.54) is 6.42 Å². The van der Waals surface area contributed by atoms with Gasteiger partial charge in [0, 0.05) is 12.5 Å². The normalized spacial score (nSPS) is 18.4. The Hall–Kier alpha value is -2.47. The van der Waals surface area contributed by atoms with Crippen molar-refractivity contribution < 1.29 is 18.7 Å². The van der Waals surface area contributed by atoms with Crippen LogP contribution in [-0.4, -0.2) is 38.6 Å². The summed E-state index contributed by atoms with van der Waals surface area (Å²) in [5, 5.41) is 2.94. The van der Waals surface area contributed by atoms with Crippen LogP contribution < -0.4 is 14.8 Å². The molecule has 146 valence electrons. The molecule has 0 unspecified atom stereocenters. The molecule has 0 saturated heterocycles. The summed E-state index contributed by atoms with van der Waals surface area (Å²) in [4.78, 5) is 14.2. The quantitative estimate of drug-likeness (QED) is 0.732. The summed E-state index contributed by atoms with van der Waals surface area (Å²) in [5.41, 5.74) is 0.956. The van der Waals surface area contributed by atoms with Crippen LogP contribution in [0.15, 0.2) is 34.7 Å². The zero-order chi connectivity index (χ0) is 19.4. The van der Waals surface area contributed by atoms with Crippen molar-refractivity contribution in [1.82, 2.24) is 10.2 Å². The van der Waals surface area contributed by atoms with E-state index in [9.17, 15) is 4.79 Å². The summed E-state index contributed by atoms with van der Waals surface area (Å²) in [5.74, 6) is 4.57. The predicted molar refractivity (Wildman–Crippen MR) is 103 cm³/mol. The number of carbonyl (C=O) groups excluding carboxylic acids is 1. The Balaban J connectivity index is 1.45. The lowest BCUT2D eigenvalue weighted by atomic mass is 10.2. The van der Waals surface area contributed by atoms with Crippen molar-refractivity contribution in [3.05, 3.63) is 47.4 Å². The van der Waals surface area contributed by atoms with Gasteiger partial charge < -0.3 is 19.2 Å². The molecule has 6 nitrogen and oxygen atoms in total. The highest BCUT2D eigenvalue weighted by Crippen LogP contribution is 2.47. The zero-order valence-electron chi connectivity index (χ0n) is 16.5. The molecule has 2 atom stereocenters.